The minimum Gasteiger partial charge on any atom is -0.481 e. The molecule has 7 N–H and O–H groups in total. The number of aliphatic carboxylic acids is 1. The van der Waals surface area contributed by atoms with E-state index in [0.717, 1.165) is 64.3 Å². The lowest BCUT2D eigenvalue weighted by Crippen LogP contribution is -2.32. The van der Waals surface area contributed by atoms with Crippen molar-refractivity contribution in [2.75, 3.05) is 6.54 Å². The van der Waals surface area contributed by atoms with Gasteiger partial charge in [-0.3, -0.25) is 4.79 Å². The Morgan fingerprint density at radius 1 is 1.05 bits per heavy atom. The molecule has 1 aliphatic carbocycles. The van der Waals surface area contributed by atoms with Crippen LogP contribution in [0.3, 0.4) is 0 Å². The first-order chi connectivity index (χ1) is 17.7. The summed E-state index contributed by atoms with van der Waals surface area (Å²) in [7, 11) is 0. The summed E-state index contributed by atoms with van der Waals surface area (Å²) in [6, 6.07) is 0. The van der Waals surface area contributed by atoms with E-state index in [9.17, 15) is 25.2 Å². The second-order valence-electron chi connectivity index (χ2n) is 11.7. The largest absolute Gasteiger partial charge is 0.481 e. The Bertz CT molecular complexity index is 725. The zero-order valence-electron chi connectivity index (χ0n) is 23.2. The number of hydrogen-bond acceptors (Lipinski definition) is 6. The summed E-state index contributed by atoms with van der Waals surface area (Å²) in [4.78, 5) is 11.8. The van der Waals surface area contributed by atoms with Gasteiger partial charge in [-0.15, -0.1) is 0 Å². The third-order valence-electron chi connectivity index (χ3n) is 8.35. The first kappa shape index (κ1) is 31.6. The quantitative estimate of drug-likeness (QED) is 0.122. The van der Waals surface area contributed by atoms with E-state index in [0.29, 0.717) is 43.8 Å². The highest BCUT2D eigenvalue weighted by Gasteiger charge is 2.38. The van der Waals surface area contributed by atoms with Crippen LogP contribution in [0.2, 0.25) is 0 Å². The van der Waals surface area contributed by atoms with E-state index >= 15 is 0 Å². The summed E-state index contributed by atoms with van der Waals surface area (Å²) >= 11 is 0. The number of nitrogens with one attached hydrogen (secondary N) is 1. The molecule has 2 rings (SSSR count). The normalized spacial score (nSPS) is 24.2. The number of dihydropyridines is 1. The van der Waals surface area contributed by atoms with Crippen molar-refractivity contribution in [2.24, 2.45) is 17.6 Å². The summed E-state index contributed by atoms with van der Waals surface area (Å²) in [5.74, 6) is -0.684. The molecule has 0 radical (unpaired) electrons. The number of carbonyl (C=O) groups is 1. The zero-order chi connectivity index (χ0) is 27.1. The molecule has 7 heteroatoms. The van der Waals surface area contributed by atoms with E-state index in [4.69, 9.17) is 5.73 Å². The average Bonchev–Trinajstić information content (AvgIpc) is 3.22. The minimum atomic E-state index is -0.954. The third-order valence-corrected chi connectivity index (χ3v) is 8.35. The molecule has 2 aliphatic rings. The number of unbranched alkanes of at least 4 members (excludes halogenated alkanes) is 7. The molecule has 1 saturated carbocycles. The fourth-order valence-electron chi connectivity index (χ4n) is 6.02. The van der Waals surface area contributed by atoms with Gasteiger partial charge in [0.25, 0.3) is 0 Å². The molecule has 0 spiro atoms. The van der Waals surface area contributed by atoms with E-state index in [2.05, 4.69) is 18.3 Å². The van der Waals surface area contributed by atoms with Crippen molar-refractivity contribution < 1.29 is 25.2 Å². The molecule has 0 saturated heterocycles. The second kappa shape index (κ2) is 17.1. The van der Waals surface area contributed by atoms with Crippen molar-refractivity contribution in [3.05, 3.63) is 23.5 Å². The lowest BCUT2D eigenvalue weighted by molar-refractivity contribution is -0.146. The maximum atomic E-state index is 11.8. The van der Waals surface area contributed by atoms with Gasteiger partial charge < -0.3 is 31.5 Å². The lowest BCUT2D eigenvalue weighted by atomic mass is 9.86. The van der Waals surface area contributed by atoms with Crippen LogP contribution in [-0.4, -0.2) is 50.7 Å². The molecule has 7 nitrogen and oxygen atoms in total. The molecule has 5 atom stereocenters. The Labute approximate surface area is 224 Å². The van der Waals surface area contributed by atoms with Crippen LogP contribution >= 0.6 is 0 Å². The predicted molar refractivity (Wildman–Crippen MR) is 149 cm³/mol. The van der Waals surface area contributed by atoms with Crippen LogP contribution < -0.4 is 11.1 Å². The Balaban J connectivity index is 1.61. The van der Waals surface area contributed by atoms with Crippen molar-refractivity contribution in [1.29, 1.82) is 0 Å². The molecule has 37 heavy (non-hydrogen) atoms. The highest BCUT2D eigenvalue weighted by atomic mass is 16.4. The van der Waals surface area contributed by atoms with Gasteiger partial charge in [-0.05, 0) is 75.4 Å². The molecule has 1 aliphatic heterocycles. The molecule has 214 valence electrons. The van der Waals surface area contributed by atoms with Crippen molar-refractivity contribution >= 4 is 5.97 Å². The van der Waals surface area contributed by atoms with Crippen molar-refractivity contribution in [3.63, 3.8) is 0 Å². The van der Waals surface area contributed by atoms with Gasteiger partial charge in [-0.1, -0.05) is 70.8 Å². The Morgan fingerprint density at radius 2 is 1.70 bits per heavy atom. The van der Waals surface area contributed by atoms with Gasteiger partial charge in [-0.2, -0.15) is 0 Å². The average molecular weight is 523 g/mol. The topological polar surface area (TPSA) is 136 Å². The molecule has 5 unspecified atom stereocenters. The standard InChI is InChI=1S/C30H54N2O5/c1-2-3-4-5-8-11-25(33)12-9-6-7-10-13-26(29(35)36)27(34)15-18-30(37)17-14-24(22-30)20-23-16-19-32-28(31)21-23/h16,21,24-27,32-34,37H,2-15,17-20,22,31H2,1H3,(H,35,36). The molecule has 0 bridgehead atoms. The molecule has 1 fully saturated rings. The summed E-state index contributed by atoms with van der Waals surface area (Å²) in [6.45, 7) is 2.94. The number of hydrogen-bond donors (Lipinski definition) is 6. The number of allylic oxidation sites excluding steroid dienone is 2. The van der Waals surface area contributed by atoms with Crippen LogP contribution in [0.5, 0.6) is 0 Å². The van der Waals surface area contributed by atoms with E-state index in [1.807, 2.05) is 6.08 Å². The van der Waals surface area contributed by atoms with Crippen LogP contribution in [0.1, 0.15) is 122 Å². The van der Waals surface area contributed by atoms with Crippen LogP contribution in [0.25, 0.3) is 0 Å². The highest BCUT2D eigenvalue weighted by molar-refractivity contribution is 5.70. The number of rotatable bonds is 20. The number of aliphatic hydroxyl groups is 3. The summed E-state index contributed by atoms with van der Waals surface area (Å²) in [5, 5.41) is 44.6. The Morgan fingerprint density at radius 3 is 2.32 bits per heavy atom. The zero-order valence-corrected chi connectivity index (χ0v) is 23.2. The predicted octanol–water partition coefficient (Wildman–Crippen LogP) is 5.14. The monoisotopic (exact) mass is 522 g/mol. The molecule has 0 aromatic rings. The van der Waals surface area contributed by atoms with Crippen LogP contribution in [0.15, 0.2) is 23.5 Å². The van der Waals surface area contributed by atoms with Crippen molar-refractivity contribution in [1.82, 2.24) is 5.32 Å². The van der Waals surface area contributed by atoms with Crippen LogP contribution in [-0.2, 0) is 4.79 Å². The maximum Gasteiger partial charge on any atom is 0.309 e. The minimum absolute atomic E-state index is 0.220. The molecule has 0 amide bonds. The third kappa shape index (κ3) is 12.7. The van der Waals surface area contributed by atoms with Gasteiger partial charge in [0.15, 0.2) is 0 Å². The summed E-state index contributed by atoms with van der Waals surface area (Å²) < 4.78 is 0. The highest BCUT2D eigenvalue weighted by Crippen LogP contribution is 2.41. The first-order valence-corrected chi connectivity index (χ1v) is 14.9. The Hall–Kier alpha value is -1.57. The van der Waals surface area contributed by atoms with E-state index < -0.39 is 23.6 Å². The SMILES string of the molecule is CCCCCCCC(O)CCCCCCC(C(=O)O)C(O)CCC1(O)CCC(CC2=CCNC(N)=C2)C1. The van der Waals surface area contributed by atoms with Gasteiger partial charge in [0.05, 0.1) is 29.5 Å². The van der Waals surface area contributed by atoms with E-state index in [1.54, 1.807) is 0 Å². The van der Waals surface area contributed by atoms with Crippen LogP contribution in [0.4, 0.5) is 0 Å². The molecule has 0 aromatic heterocycles. The fourth-order valence-corrected chi connectivity index (χ4v) is 6.02. The van der Waals surface area contributed by atoms with Gasteiger partial charge in [0.2, 0.25) is 0 Å². The summed E-state index contributed by atoms with van der Waals surface area (Å²) in [5.41, 5.74) is 6.24. The fraction of sp³-hybridized carbons (Fsp3) is 0.833. The van der Waals surface area contributed by atoms with Gasteiger partial charge in [0.1, 0.15) is 0 Å². The second-order valence-corrected chi connectivity index (χ2v) is 11.7. The summed E-state index contributed by atoms with van der Waals surface area (Å²) in [6.07, 6.45) is 18.7. The van der Waals surface area contributed by atoms with Crippen molar-refractivity contribution in [2.45, 2.75) is 140 Å². The van der Waals surface area contributed by atoms with E-state index in [-0.39, 0.29) is 6.10 Å². The van der Waals surface area contributed by atoms with Gasteiger partial charge >= 0.3 is 5.97 Å². The molecular formula is C30H54N2O5. The molecule has 1 heterocycles. The van der Waals surface area contributed by atoms with Gasteiger partial charge in [-0.25, -0.2) is 0 Å². The maximum absolute atomic E-state index is 11.8. The van der Waals surface area contributed by atoms with Gasteiger partial charge in [0, 0.05) is 6.54 Å². The first-order valence-electron chi connectivity index (χ1n) is 14.9. The van der Waals surface area contributed by atoms with E-state index in [1.165, 1.54) is 31.3 Å². The molecule has 0 aromatic carbocycles. The Kier molecular flexibility index (Phi) is 14.6. The number of carboxylic acids is 1. The number of carboxylic acid groups (broad SMARTS) is 1. The number of aliphatic hydroxyl groups excluding tert-OH is 2. The van der Waals surface area contributed by atoms with Crippen molar-refractivity contribution in [3.8, 4) is 0 Å². The lowest BCUT2D eigenvalue weighted by Gasteiger charge is -2.26. The smallest absolute Gasteiger partial charge is 0.309 e. The molecular weight excluding hydrogens is 468 g/mol. The van der Waals surface area contributed by atoms with Crippen LogP contribution in [0, 0.1) is 11.8 Å². The number of nitrogens with two attached hydrogens (primary N) is 1.